The van der Waals surface area contributed by atoms with Crippen LogP contribution in [0.25, 0.3) is 0 Å². The zero-order valence-electron chi connectivity index (χ0n) is 20.0. The molecular weight excluding hydrogens is 528 g/mol. The Labute approximate surface area is 213 Å². The summed E-state index contributed by atoms with van der Waals surface area (Å²) >= 11 is 0. The minimum atomic E-state index is -5.08. The maximum Gasteiger partial charge on any atom is 0.490 e. The molecule has 0 bridgehead atoms. The number of carbonyl (C=O) groups is 2. The summed E-state index contributed by atoms with van der Waals surface area (Å²) in [6.45, 7) is 7.83. The SMILES string of the molecule is O=C(O)C(F)(F)F.O=C(O)C(F)(F)F.c1cncc(CN2CCOCC3(CCN(Cc4ccco4)C3)C2)c1. The number of hydrogen-bond donors (Lipinski definition) is 2. The fourth-order valence-electron chi connectivity index (χ4n) is 4.00. The smallest absolute Gasteiger partial charge is 0.475 e. The Morgan fingerprint density at radius 3 is 2.05 bits per heavy atom. The van der Waals surface area contributed by atoms with E-state index in [-0.39, 0.29) is 5.41 Å². The largest absolute Gasteiger partial charge is 0.490 e. The van der Waals surface area contributed by atoms with Crippen molar-refractivity contribution in [1.29, 1.82) is 0 Å². The van der Waals surface area contributed by atoms with Gasteiger partial charge in [-0.2, -0.15) is 26.3 Å². The molecule has 9 nitrogen and oxygen atoms in total. The summed E-state index contributed by atoms with van der Waals surface area (Å²) in [5.41, 5.74) is 1.52. The third kappa shape index (κ3) is 10.7. The van der Waals surface area contributed by atoms with Crippen molar-refractivity contribution in [1.82, 2.24) is 14.8 Å². The van der Waals surface area contributed by atoms with E-state index in [1.807, 2.05) is 24.5 Å². The van der Waals surface area contributed by atoms with Gasteiger partial charge in [-0.1, -0.05) is 6.07 Å². The van der Waals surface area contributed by atoms with Gasteiger partial charge in [0.1, 0.15) is 5.76 Å². The molecule has 0 radical (unpaired) electrons. The molecule has 1 atom stereocenters. The number of hydrogen-bond acceptors (Lipinski definition) is 7. The van der Waals surface area contributed by atoms with E-state index in [1.165, 1.54) is 12.0 Å². The predicted molar refractivity (Wildman–Crippen MR) is 119 cm³/mol. The zero-order chi connectivity index (χ0) is 28.4. The Kier molecular flexibility index (Phi) is 11.1. The van der Waals surface area contributed by atoms with Crippen LogP contribution in [0.1, 0.15) is 17.7 Å². The lowest BCUT2D eigenvalue weighted by Gasteiger charge is -2.32. The van der Waals surface area contributed by atoms with Crippen molar-refractivity contribution in [3.63, 3.8) is 0 Å². The summed E-state index contributed by atoms with van der Waals surface area (Å²) in [4.78, 5) is 27.1. The molecule has 212 valence electrons. The highest BCUT2D eigenvalue weighted by molar-refractivity contribution is 5.73. The fourth-order valence-corrected chi connectivity index (χ4v) is 4.00. The normalized spacial score (nSPS) is 20.6. The van der Waals surface area contributed by atoms with E-state index in [4.69, 9.17) is 29.0 Å². The molecule has 2 aliphatic heterocycles. The van der Waals surface area contributed by atoms with E-state index in [9.17, 15) is 26.3 Å². The highest BCUT2D eigenvalue weighted by atomic mass is 19.4. The molecule has 0 aliphatic carbocycles. The molecule has 2 saturated heterocycles. The maximum atomic E-state index is 10.6. The van der Waals surface area contributed by atoms with Crippen molar-refractivity contribution in [3.05, 3.63) is 54.2 Å². The molecule has 0 saturated carbocycles. The number of alkyl halides is 6. The van der Waals surface area contributed by atoms with E-state index < -0.39 is 24.3 Å². The number of likely N-dealkylation sites (tertiary alicyclic amines) is 1. The van der Waals surface area contributed by atoms with Crippen molar-refractivity contribution in [2.45, 2.75) is 31.9 Å². The number of rotatable bonds is 4. The maximum absolute atomic E-state index is 10.6. The van der Waals surface area contributed by atoms with Gasteiger partial charge in [0.25, 0.3) is 0 Å². The molecule has 4 heterocycles. The standard InChI is InChI=1S/C19H25N3O2.2C2HF3O2/c1-3-17(11-20-6-1)12-22-8-10-23-16-19(15-22)5-7-21(14-19)13-18-4-2-9-24-18;2*3-2(4,5)1(6)7/h1-4,6,9,11H,5,7-8,10,12-16H2;2*(H,6,7). The molecule has 4 rings (SSSR count). The molecule has 1 unspecified atom stereocenters. The summed E-state index contributed by atoms with van der Waals surface area (Å²) in [5, 5.41) is 14.2. The van der Waals surface area contributed by atoms with Crippen molar-refractivity contribution in [3.8, 4) is 0 Å². The van der Waals surface area contributed by atoms with Crippen LogP contribution in [0.3, 0.4) is 0 Å². The molecule has 1 spiro atoms. The topological polar surface area (TPSA) is 116 Å². The summed E-state index contributed by atoms with van der Waals surface area (Å²) in [7, 11) is 0. The molecule has 2 aromatic heterocycles. The van der Waals surface area contributed by atoms with Crippen LogP contribution in [0.4, 0.5) is 26.3 Å². The number of ether oxygens (including phenoxy) is 1. The van der Waals surface area contributed by atoms with Crippen LogP contribution in [-0.4, -0.2) is 88.7 Å². The Bertz CT molecular complexity index is 979. The molecule has 15 heteroatoms. The Hall–Kier alpha value is -3.17. The monoisotopic (exact) mass is 555 g/mol. The van der Waals surface area contributed by atoms with E-state index in [2.05, 4.69) is 26.9 Å². The second kappa shape index (κ2) is 13.6. The highest BCUT2D eigenvalue weighted by Gasteiger charge is 2.41. The first kappa shape index (κ1) is 31.1. The summed E-state index contributed by atoms with van der Waals surface area (Å²) < 4.78 is 75.0. The van der Waals surface area contributed by atoms with Crippen LogP contribution in [0.5, 0.6) is 0 Å². The van der Waals surface area contributed by atoms with Gasteiger partial charge in [-0.3, -0.25) is 14.8 Å². The van der Waals surface area contributed by atoms with Gasteiger partial charge in [-0.15, -0.1) is 0 Å². The first-order valence-electron chi connectivity index (χ1n) is 11.2. The molecule has 2 aromatic rings. The van der Waals surface area contributed by atoms with Crippen molar-refractivity contribution < 1.29 is 55.3 Å². The highest BCUT2D eigenvalue weighted by Crippen LogP contribution is 2.34. The molecule has 38 heavy (non-hydrogen) atoms. The van der Waals surface area contributed by atoms with E-state index in [0.717, 1.165) is 58.2 Å². The van der Waals surface area contributed by atoms with Gasteiger partial charge in [0.15, 0.2) is 0 Å². The Balaban J connectivity index is 0.000000301. The average molecular weight is 555 g/mol. The predicted octanol–water partition coefficient (Wildman–Crippen LogP) is 3.67. The van der Waals surface area contributed by atoms with Crippen LogP contribution in [-0.2, 0) is 27.4 Å². The van der Waals surface area contributed by atoms with Crippen LogP contribution in [0, 0.1) is 5.41 Å². The van der Waals surface area contributed by atoms with Gasteiger partial charge < -0.3 is 19.4 Å². The molecule has 2 N–H and O–H groups in total. The third-order valence-corrected chi connectivity index (χ3v) is 5.61. The lowest BCUT2D eigenvalue weighted by molar-refractivity contribution is -0.193. The fraction of sp³-hybridized carbons (Fsp3) is 0.522. The first-order chi connectivity index (χ1) is 17.7. The number of pyridine rings is 1. The number of halogens is 6. The van der Waals surface area contributed by atoms with Gasteiger partial charge in [-0.25, -0.2) is 9.59 Å². The van der Waals surface area contributed by atoms with E-state index in [1.54, 1.807) is 6.26 Å². The molecule has 2 fully saturated rings. The van der Waals surface area contributed by atoms with Crippen LogP contribution in [0.15, 0.2) is 47.3 Å². The second-order valence-corrected chi connectivity index (χ2v) is 8.77. The molecule has 2 aliphatic rings. The number of carboxylic acids is 2. The summed E-state index contributed by atoms with van der Waals surface area (Å²) in [6, 6.07) is 8.19. The van der Waals surface area contributed by atoms with Crippen LogP contribution >= 0.6 is 0 Å². The van der Waals surface area contributed by atoms with Gasteiger partial charge in [0.05, 0.1) is 26.0 Å². The summed E-state index contributed by atoms with van der Waals surface area (Å²) in [5.74, 6) is -4.46. The third-order valence-electron chi connectivity index (χ3n) is 5.61. The van der Waals surface area contributed by atoms with Gasteiger partial charge in [0.2, 0.25) is 0 Å². The molecular formula is C23H27F6N3O6. The second-order valence-electron chi connectivity index (χ2n) is 8.77. The lowest BCUT2D eigenvalue weighted by atomic mass is 9.87. The van der Waals surface area contributed by atoms with Crippen LogP contribution in [0.2, 0.25) is 0 Å². The van der Waals surface area contributed by atoms with Crippen molar-refractivity contribution in [2.24, 2.45) is 5.41 Å². The minimum Gasteiger partial charge on any atom is -0.475 e. The van der Waals surface area contributed by atoms with E-state index in [0.29, 0.717) is 0 Å². The number of aliphatic carboxylic acids is 2. The molecule has 0 aromatic carbocycles. The Morgan fingerprint density at radius 1 is 0.947 bits per heavy atom. The van der Waals surface area contributed by atoms with Gasteiger partial charge in [-0.05, 0) is 36.7 Å². The number of furan rings is 1. The van der Waals surface area contributed by atoms with E-state index >= 15 is 0 Å². The Morgan fingerprint density at radius 2 is 1.55 bits per heavy atom. The van der Waals surface area contributed by atoms with Crippen LogP contribution < -0.4 is 0 Å². The zero-order valence-corrected chi connectivity index (χ0v) is 20.0. The number of nitrogens with zero attached hydrogens (tertiary/aromatic N) is 3. The number of carboxylic acid groups (broad SMARTS) is 2. The summed E-state index contributed by atoms with van der Waals surface area (Å²) in [6.07, 6.45) is -3.42. The van der Waals surface area contributed by atoms with Crippen molar-refractivity contribution >= 4 is 11.9 Å². The first-order valence-corrected chi connectivity index (χ1v) is 11.2. The van der Waals surface area contributed by atoms with Crippen molar-refractivity contribution in [2.75, 3.05) is 39.4 Å². The van der Waals surface area contributed by atoms with Gasteiger partial charge in [0, 0.05) is 44.0 Å². The lowest BCUT2D eigenvalue weighted by Crippen LogP contribution is -2.40. The van der Waals surface area contributed by atoms with Gasteiger partial charge >= 0.3 is 24.3 Å². The average Bonchev–Trinajstić information content (AvgIpc) is 3.42. The number of aromatic nitrogens is 1. The quantitative estimate of drug-likeness (QED) is 0.546. The minimum absolute atomic E-state index is 0.241. The molecule has 0 amide bonds.